The average Bonchev–Trinajstić information content (AvgIpc) is 3.31. The van der Waals surface area contributed by atoms with E-state index in [9.17, 15) is 12.8 Å². The van der Waals surface area contributed by atoms with E-state index in [2.05, 4.69) is 20.2 Å². The van der Waals surface area contributed by atoms with Crippen molar-refractivity contribution in [1.29, 1.82) is 0 Å². The Kier molecular flexibility index (Phi) is 4.12. The van der Waals surface area contributed by atoms with Crippen molar-refractivity contribution in [3.05, 3.63) is 53.3 Å². The van der Waals surface area contributed by atoms with Gasteiger partial charge >= 0.3 is 0 Å². The summed E-state index contributed by atoms with van der Waals surface area (Å²) in [6.07, 6.45) is 2.04. The number of nitrogens with zero attached hydrogens (tertiary/aromatic N) is 4. The van der Waals surface area contributed by atoms with E-state index in [0.29, 0.717) is 23.1 Å². The molecule has 7 nitrogen and oxygen atoms in total. The fraction of sp³-hybridized carbons (Fsp3) is 0.188. The third-order valence-electron chi connectivity index (χ3n) is 3.94. The molecule has 0 radical (unpaired) electrons. The first-order valence-corrected chi connectivity index (χ1v) is 9.66. The van der Waals surface area contributed by atoms with Gasteiger partial charge in [0.15, 0.2) is 5.82 Å². The number of hydrogen-bond donors (Lipinski definition) is 1. The minimum atomic E-state index is -3.97. The number of rotatable bonds is 5. The zero-order valence-electron chi connectivity index (χ0n) is 13.3. The Morgan fingerprint density at radius 3 is 2.73 bits per heavy atom. The maximum atomic E-state index is 13.2. The number of benzene rings is 2. The van der Waals surface area contributed by atoms with E-state index in [0.717, 1.165) is 31.0 Å². The quantitative estimate of drug-likeness (QED) is 0.718. The van der Waals surface area contributed by atoms with Crippen LogP contribution in [0, 0.1) is 5.82 Å². The highest BCUT2D eigenvalue weighted by molar-refractivity contribution is 7.92. The van der Waals surface area contributed by atoms with Gasteiger partial charge in [-0.1, -0.05) is 23.7 Å². The summed E-state index contributed by atoms with van der Waals surface area (Å²) in [4.78, 5) is -0.200. The summed E-state index contributed by atoms with van der Waals surface area (Å²) < 4.78 is 42.5. The van der Waals surface area contributed by atoms with Gasteiger partial charge in [0.2, 0.25) is 0 Å². The molecule has 1 aliphatic carbocycles. The van der Waals surface area contributed by atoms with Crippen molar-refractivity contribution in [2.24, 2.45) is 0 Å². The largest absolute Gasteiger partial charge is 0.280 e. The van der Waals surface area contributed by atoms with Crippen LogP contribution in [-0.4, -0.2) is 28.6 Å². The first-order chi connectivity index (χ1) is 12.4. The van der Waals surface area contributed by atoms with E-state index in [1.165, 1.54) is 0 Å². The van der Waals surface area contributed by atoms with E-state index >= 15 is 0 Å². The van der Waals surface area contributed by atoms with E-state index in [4.69, 9.17) is 11.6 Å². The second-order valence-corrected chi connectivity index (χ2v) is 8.00. The first-order valence-electron chi connectivity index (χ1n) is 7.80. The van der Waals surface area contributed by atoms with Gasteiger partial charge in [-0.15, -0.1) is 5.10 Å². The van der Waals surface area contributed by atoms with Crippen molar-refractivity contribution in [2.45, 2.75) is 23.8 Å². The molecule has 0 amide bonds. The summed E-state index contributed by atoms with van der Waals surface area (Å²) in [5.74, 6) is -0.0313. The fourth-order valence-corrected chi connectivity index (χ4v) is 4.16. The molecule has 1 aliphatic rings. The van der Waals surface area contributed by atoms with Gasteiger partial charge in [-0.25, -0.2) is 17.5 Å². The van der Waals surface area contributed by atoms with Crippen molar-refractivity contribution < 1.29 is 12.8 Å². The van der Waals surface area contributed by atoms with Crippen molar-refractivity contribution >= 4 is 27.3 Å². The number of anilines is 1. The maximum Gasteiger partial charge on any atom is 0.263 e. The highest BCUT2D eigenvalue weighted by atomic mass is 35.5. The van der Waals surface area contributed by atoms with Crippen LogP contribution in [0.2, 0.25) is 5.02 Å². The zero-order valence-corrected chi connectivity index (χ0v) is 14.9. The van der Waals surface area contributed by atoms with Crippen LogP contribution < -0.4 is 4.72 Å². The molecular formula is C16H13ClFN5O2S. The average molecular weight is 394 g/mol. The van der Waals surface area contributed by atoms with E-state index < -0.39 is 15.8 Å². The van der Waals surface area contributed by atoms with Crippen LogP contribution in [0.1, 0.15) is 18.9 Å². The van der Waals surface area contributed by atoms with Crippen molar-refractivity contribution in [3.63, 3.8) is 0 Å². The lowest BCUT2D eigenvalue weighted by Gasteiger charge is -2.11. The van der Waals surface area contributed by atoms with Gasteiger partial charge in [-0.05, 0) is 53.6 Å². The van der Waals surface area contributed by atoms with Gasteiger partial charge in [0, 0.05) is 11.3 Å². The standard InChI is InChI=1S/C16H13ClFN5O2S/c17-14-9-11(18)4-7-15(14)26(24,25)20-12-3-1-2-10(8-12)16-19-21-22-23(16)13-5-6-13/h1-4,7-9,13,20H,5-6H2. The summed E-state index contributed by atoms with van der Waals surface area (Å²) in [5.41, 5.74) is 1.01. The molecule has 4 rings (SSSR count). The molecule has 3 aromatic rings. The third-order valence-corrected chi connectivity index (χ3v) is 5.81. The van der Waals surface area contributed by atoms with Crippen LogP contribution >= 0.6 is 11.6 Å². The van der Waals surface area contributed by atoms with Crippen molar-refractivity contribution in [1.82, 2.24) is 20.2 Å². The van der Waals surface area contributed by atoms with Crippen LogP contribution in [0.15, 0.2) is 47.4 Å². The Balaban J connectivity index is 1.65. The lowest BCUT2D eigenvalue weighted by molar-refractivity contribution is 0.600. The first kappa shape index (κ1) is 16.9. The van der Waals surface area contributed by atoms with Gasteiger partial charge in [0.05, 0.1) is 11.1 Å². The fourth-order valence-electron chi connectivity index (χ4n) is 2.57. The molecule has 0 unspecified atom stereocenters. The van der Waals surface area contributed by atoms with E-state index in [1.54, 1.807) is 28.9 Å². The Morgan fingerprint density at radius 2 is 2.00 bits per heavy atom. The second kappa shape index (κ2) is 6.33. The minimum absolute atomic E-state index is 0.189. The molecule has 10 heteroatoms. The Labute approximate surface area is 153 Å². The molecule has 1 aromatic heterocycles. The third kappa shape index (κ3) is 3.27. The van der Waals surface area contributed by atoms with Gasteiger partial charge in [0.1, 0.15) is 10.7 Å². The van der Waals surface area contributed by atoms with Crippen molar-refractivity contribution in [3.8, 4) is 11.4 Å². The maximum absolute atomic E-state index is 13.2. The van der Waals surface area contributed by atoms with E-state index in [-0.39, 0.29) is 9.92 Å². The zero-order chi connectivity index (χ0) is 18.3. The Morgan fingerprint density at radius 1 is 1.19 bits per heavy atom. The van der Waals surface area contributed by atoms with Crippen molar-refractivity contribution in [2.75, 3.05) is 4.72 Å². The number of aromatic nitrogens is 4. The number of hydrogen-bond acceptors (Lipinski definition) is 5. The Hall–Kier alpha value is -2.52. The molecule has 0 saturated heterocycles. The van der Waals surface area contributed by atoms with Gasteiger partial charge in [-0.3, -0.25) is 4.72 Å². The SMILES string of the molecule is O=S(=O)(Nc1cccc(-c2nnnn2C2CC2)c1)c1ccc(F)cc1Cl. The molecule has 1 heterocycles. The van der Waals surface area contributed by atoms with Crippen LogP contribution in [0.3, 0.4) is 0 Å². The summed E-state index contributed by atoms with van der Waals surface area (Å²) in [7, 11) is -3.97. The summed E-state index contributed by atoms with van der Waals surface area (Å²) >= 11 is 5.87. The van der Waals surface area contributed by atoms with Crippen LogP contribution in [0.4, 0.5) is 10.1 Å². The van der Waals surface area contributed by atoms with E-state index in [1.807, 2.05) is 0 Å². The summed E-state index contributed by atoms with van der Waals surface area (Å²) in [5, 5.41) is 11.5. The predicted molar refractivity (Wildman–Crippen MR) is 93.7 cm³/mol. The highest BCUT2D eigenvalue weighted by Gasteiger charge is 2.28. The van der Waals surface area contributed by atoms with Gasteiger partial charge < -0.3 is 0 Å². The molecule has 26 heavy (non-hydrogen) atoms. The predicted octanol–water partition coefficient (Wildman–Crippen LogP) is 3.27. The molecule has 0 spiro atoms. The molecule has 1 saturated carbocycles. The minimum Gasteiger partial charge on any atom is -0.280 e. The molecule has 0 aliphatic heterocycles. The van der Waals surface area contributed by atoms with Gasteiger partial charge in [0.25, 0.3) is 10.0 Å². The van der Waals surface area contributed by atoms with Crippen LogP contribution in [-0.2, 0) is 10.0 Å². The monoisotopic (exact) mass is 393 g/mol. The van der Waals surface area contributed by atoms with Crippen LogP contribution in [0.5, 0.6) is 0 Å². The molecule has 1 N–H and O–H groups in total. The van der Waals surface area contributed by atoms with Gasteiger partial charge in [-0.2, -0.15) is 0 Å². The lowest BCUT2D eigenvalue weighted by Crippen LogP contribution is -2.13. The molecule has 134 valence electrons. The molecule has 0 bridgehead atoms. The topological polar surface area (TPSA) is 89.8 Å². The summed E-state index contributed by atoms with van der Waals surface area (Å²) in [6.45, 7) is 0. The lowest BCUT2D eigenvalue weighted by atomic mass is 10.2. The number of sulfonamides is 1. The number of tetrazole rings is 1. The molecule has 0 atom stereocenters. The molecular weight excluding hydrogens is 381 g/mol. The molecule has 2 aromatic carbocycles. The molecule has 1 fully saturated rings. The normalized spacial score (nSPS) is 14.4. The second-order valence-electron chi connectivity index (χ2n) is 5.94. The van der Waals surface area contributed by atoms with Crippen LogP contribution in [0.25, 0.3) is 11.4 Å². The Bertz CT molecular complexity index is 1080. The smallest absolute Gasteiger partial charge is 0.263 e. The summed E-state index contributed by atoms with van der Waals surface area (Å²) in [6, 6.07) is 10.1. The highest BCUT2D eigenvalue weighted by Crippen LogP contribution is 2.37. The number of nitrogens with one attached hydrogen (secondary N) is 1. The number of halogens is 2.